The number of aromatic nitrogens is 2. The highest BCUT2D eigenvalue weighted by Crippen LogP contribution is 2.06. The SMILES string of the molecule is c1cnn(NN2CCCCC2)c1. The molecule has 0 aliphatic carbocycles. The molecular formula is C8H14N4. The van der Waals surface area contributed by atoms with Crippen molar-refractivity contribution in [3.8, 4) is 0 Å². The van der Waals surface area contributed by atoms with Gasteiger partial charge in [0.1, 0.15) is 0 Å². The van der Waals surface area contributed by atoms with Crippen LogP contribution in [0, 0.1) is 0 Å². The first kappa shape index (κ1) is 7.61. The molecule has 2 heterocycles. The fraction of sp³-hybridized carbons (Fsp3) is 0.625. The first-order valence-corrected chi connectivity index (χ1v) is 4.46. The summed E-state index contributed by atoms with van der Waals surface area (Å²) in [6, 6.07) is 1.91. The quantitative estimate of drug-likeness (QED) is 0.706. The Balaban J connectivity index is 1.86. The minimum atomic E-state index is 1.12. The van der Waals surface area contributed by atoms with Crippen LogP contribution in [0.15, 0.2) is 18.5 Å². The van der Waals surface area contributed by atoms with Gasteiger partial charge in [0, 0.05) is 19.3 Å². The molecule has 1 N–H and O–H groups in total. The van der Waals surface area contributed by atoms with Crippen LogP contribution in [0.4, 0.5) is 0 Å². The monoisotopic (exact) mass is 166 g/mol. The minimum Gasteiger partial charge on any atom is -0.240 e. The lowest BCUT2D eigenvalue weighted by atomic mass is 10.2. The van der Waals surface area contributed by atoms with Gasteiger partial charge in [0.2, 0.25) is 0 Å². The highest BCUT2D eigenvalue weighted by atomic mass is 15.8. The van der Waals surface area contributed by atoms with Gasteiger partial charge in [0.25, 0.3) is 0 Å². The summed E-state index contributed by atoms with van der Waals surface area (Å²) in [6.45, 7) is 2.25. The molecule has 1 aliphatic rings. The molecule has 1 saturated heterocycles. The van der Waals surface area contributed by atoms with Gasteiger partial charge < -0.3 is 0 Å². The molecular weight excluding hydrogens is 152 g/mol. The van der Waals surface area contributed by atoms with Crippen LogP contribution in [0.1, 0.15) is 19.3 Å². The van der Waals surface area contributed by atoms with Gasteiger partial charge in [0.15, 0.2) is 0 Å². The van der Waals surface area contributed by atoms with Crippen LogP contribution in [0.3, 0.4) is 0 Å². The molecule has 12 heavy (non-hydrogen) atoms. The van der Waals surface area contributed by atoms with Crippen LogP contribution in [0.25, 0.3) is 0 Å². The molecule has 66 valence electrons. The van der Waals surface area contributed by atoms with E-state index in [0.29, 0.717) is 0 Å². The molecule has 4 heteroatoms. The first-order valence-electron chi connectivity index (χ1n) is 4.46. The van der Waals surface area contributed by atoms with Gasteiger partial charge in [-0.25, -0.2) is 10.5 Å². The van der Waals surface area contributed by atoms with Crippen molar-refractivity contribution in [2.75, 3.05) is 18.6 Å². The van der Waals surface area contributed by atoms with E-state index in [0.717, 1.165) is 13.1 Å². The van der Waals surface area contributed by atoms with Crippen LogP contribution in [0.2, 0.25) is 0 Å². The number of piperidine rings is 1. The standard InChI is InChI=1S/C8H14N4/c1-2-6-11(7-3-1)10-12-8-4-5-9-12/h4-5,8,10H,1-3,6-7H2. The fourth-order valence-corrected chi connectivity index (χ4v) is 1.47. The van der Waals surface area contributed by atoms with E-state index in [9.17, 15) is 0 Å². The average Bonchev–Trinajstić information content (AvgIpc) is 2.59. The molecule has 0 aromatic carbocycles. The number of hydrazine groups is 1. The van der Waals surface area contributed by atoms with Gasteiger partial charge in [0.05, 0.1) is 6.20 Å². The van der Waals surface area contributed by atoms with Crippen LogP contribution >= 0.6 is 0 Å². The topological polar surface area (TPSA) is 33.1 Å². The van der Waals surface area contributed by atoms with E-state index >= 15 is 0 Å². The van der Waals surface area contributed by atoms with E-state index < -0.39 is 0 Å². The second-order valence-electron chi connectivity index (χ2n) is 3.10. The van der Waals surface area contributed by atoms with Gasteiger partial charge in [-0.3, -0.25) is 0 Å². The Morgan fingerprint density at radius 2 is 2.00 bits per heavy atom. The summed E-state index contributed by atoms with van der Waals surface area (Å²) in [7, 11) is 0. The smallest absolute Gasteiger partial charge is 0.0511 e. The second kappa shape index (κ2) is 3.58. The number of rotatable bonds is 2. The third kappa shape index (κ3) is 1.76. The third-order valence-electron chi connectivity index (χ3n) is 2.10. The van der Waals surface area contributed by atoms with Crippen LogP contribution in [-0.4, -0.2) is 28.0 Å². The summed E-state index contributed by atoms with van der Waals surface area (Å²) in [5, 5.41) is 6.28. The highest BCUT2D eigenvalue weighted by molar-refractivity contribution is 4.81. The van der Waals surface area contributed by atoms with E-state index in [1.165, 1.54) is 19.3 Å². The predicted octanol–water partition coefficient (Wildman–Crippen LogP) is 0.828. The zero-order valence-corrected chi connectivity index (χ0v) is 7.11. The summed E-state index contributed by atoms with van der Waals surface area (Å²) in [5.41, 5.74) is 3.20. The maximum absolute atomic E-state index is 4.07. The molecule has 0 unspecified atom stereocenters. The zero-order chi connectivity index (χ0) is 8.23. The van der Waals surface area contributed by atoms with Crippen molar-refractivity contribution < 1.29 is 0 Å². The van der Waals surface area contributed by atoms with Crippen LogP contribution < -0.4 is 5.53 Å². The lowest BCUT2D eigenvalue weighted by molar-refractivity contribution is 0.236. The van der Waals surface area contributed by atoms with E-state index in [2.05, 4.69) is 15.6 Å². The van der Waals surface area contributed by atoms with Crippen molar-refractivity contribution in [1.82, 2.24) is 14.9 Å². The lowest BCUT2D eigenvalue weighted by Crippen LogP contribution is -2.40. The number of nitrogens with one attached hydrogen (secondary N) is 1. The summed E-state index contributed by atoms with van der Waals surface area (Å²) >= 11 is 0. The summed E-state index contributed by atoms with van der Waals surface area (Å²) in [4.78, 5) is 1.74. The Morgan fingerprint density at radius 3 is 2.67 bits per heavy atom. The molecule has 1 aliphatic heterocycles. The summed E-state index contributed by atoms with van der Waals surface area (Å²) < 4.78 is 0. The van der Waals surface area contributed by atoms with Gasteiger partial charge in [-0.1, -0.05) is 6.42 Å². The molecule has 1 aromatic heterocycles. The molecule has 0 saturated carbocycles. The Labute approximate surface area is 72.1 Å². The average molecular weight is 166 g/mol. The predicted molar refractivity (Wildman–Crippen MR) is 47.0 cm³/mol. The highest BCUT2D eigenvalue weighted by Gasteiger charge is 2.08. The van der Waals surface area contributed by atoms with E-state index in [-0.39, 0.29) is 0 Å². The van der Waals surface area contributed by atoms with Crippen LogP contribution in [-0.2, 0) is 0 Å². The van der Waals surface area contributed by atoms with Crippen molar-refractivity contribution in [3.63, 3.8) is 0 Å². The molecule has 1 aromatic rings. The van der Waals surface area contributed by atoms with Crippen molar-refractivity contribution >= 4 is 0 Å². The second-order valence-corrected chi connectivity index (χ2v) is 3.10. The maximum Gasteiger partial charge on any atom is 0.0511 e. The Hall–Kier alpha value is -1.03. The van der Waals surface area contributed by atoms with Gasteiger partial charge in [-0.05, 0) is 18.9 Å². The van der Waals surface area contributed by atoms with E-state index in [1.54, 1.807) is 11.0 Å². The largest absolute Gasteiger partial charge is 0.240 e. The zero-order valence-electron chi connectivity index (χ0n) is 7.11. The normalized spacial score (nSPS) is 19.3. The number of hydrogen-bond acceptors (Lipinski definition) is 3. The molecule has 0 spiro atoms. The Kier molecular flexibility index (Phi) is 2.27. The lowest BCUT2D eigenvalue weighted by Gasteiger charge is -2.27. The molecule has 0 radical (unpaired) electrons. The Morgan fingerprint density at radius 1 is 1.17 bits per heavy atom. The van der Waals surface area contributed by atoms with Crippen molar-refractivity contribution in [3.05, 3.63) is 18.5 Å². The number of nitrogens with zero attached hydrogens (tertiary/aromatic N) is 3. The van der Waals surface area contributed by atoms with E-state index in [1.807, 2.05) is 12.3 Å². The van der Waals surface area contributed by atoms with Gasteiger partial charge >= 0.3 is 0 Å². The molecule has 0 amide bonds. The van der Waals surface area contributed by atoms with Crippen LogP contribution in [0.5, 0.6) is 0 Å². The van der Waals surface area contributed by atoms with Gasteiger partial charge in [-0.2, -0.15) is 9.89 Å². The third-order valence-corrected chi connectivity index (χ3v) is 2.10. The first-order chi connectivity index (χ1) is 5.95. The van der Waals surface area contributed by atoms with Crippen molar-refractivity contribution in [2.45, 2.75) is 19.3 Å². The van der Waals surface area contributed by atoms with E-state index in [4.69, 9.17) is 0 Å². The number of hydrogen-bond donors (Lipinski definition) is 1. The van der Waals surface area contributed by atoms with Gasteiger partial charge in [-0.15, -0.1) is 0 Å². The Bertz CT molecular complexity index is 213. The minimum absolute atomic E-state index is 1.12. The molecule has 2 rings (SSSR count). The maximum atomic E-state index is 4.07. The molecule has 4 nitrogen and oxygen atoms in total. The summed E-state index contributed by atoms with van der Waals surface area (Å²) in [6.07, 6.45) is 7.62. The molecule has 0 bridgehead atoms. The van der Waals surface area contributed by atoms with Crippen molar-refractivity contribution in [1.29, 1.82) is 0 Å². The summed E-state index contributed by atoms with van der Waals surface area (Å²) in [5.74, 6) is 0. The fourth-order valence-electron chi connectivity index (χ4n) is 1.47. The van der Waals surface area contributed by atoms with Crippen molar-refractivity contribution in [2.24, 2.45) is 0 Å². The molecule has 1 fully saturated rings. The molecule has 0 atom stereocenters.